The number of nitro groups is 1. The van der Waals surface area contributed by atoms with Crippen LogP contribution in [0.1, 0.15) is 10.4 Å². The van der Waals surface area contributed by atoms with E-state index in [2.05, 4.69) is 21.2 Å². The number of carbonyl (C=O) groups excluding carboxylic acids is 1. The molecule has 0 aliphatic carbocycles. The molecule has 1 aromatic rings. The van der Waals surface area contributed by atoms with Crippen molar-refractivity contribution in [2.75, 3.05) is 26.2 Å². The van der Waals surface area contributed by atoms with E-state index in [1.807, 2.05) is 0 Å². The van der Waals surface area contributed by atoms with Crippen molar-refractivity contribution >= 4 is 27.5 Å². The fourth-order valence-corrected chi connectivity index (χ4v) is 3.40. The first-order valence-electron chi connectivity index (χ1n) is 6.50. The third kappa shape index (κ3) is 2.31. The van der Waals surface area contributed by atoms with Crippen LogP contribution in [0.5, 0.6) is 0 Å². The van der Waals surface area contributed by atoms with Crippen LogP contribution in [0, 0.1) is 22.0 Å². The topological polar surface area (TPSA) is 75.5 Å². The molecule has 3 rings (SSSR count). The zero-order valence-electron chi connectivity index (χ0n) is 10.7. The summed E-state index contributed by atoms with van der Waals surface area (Å²) in [6.45, 7) is 3.35. The van der Waals surface area contributed by atoms with Gasteiger partial charge in [0.25, 0.3) is 11.6 Å². The highest BCUT2D eigenvalue weighted by molar-refractivity contribution is 9.10. The number of rotatable bonds is 2. The highest BCUT2D eigenvalue weighted by atomic mass is 79.9. The number of carbonyl (C=O) groups is 1. The summed E-state index contributed by atoms with van der Waals surface area (Å²) in [5.74, 6) is 0.892. The first kappa shape index (κ1) is 13.5. The Morgan fingerprint density at radius 3 is 2.60 bits per heavy atom. The smallest absolute Gasteiger partial charge is 0.270 e. The SMILES string of the molecule is O=C(c1cc([N+](=O)[O-])ccc1Br)N1C[C@H]2CNC[C@H]2C1. The van der Waals surface area contributed by atoms with Gasteiger partial charge in [0, 0.05) is 42.8 Å². The van der Waals surface area contributed by atoms with E-state index in [9.17, 15) is 14.9 Å². The molecule has 2 saturated heterocycles. The van der Waals surface area contributed by atoms with Crippen molar-refractivity contribution < 1.29 is 9.72 Å². The second kappa shape index (κ2) is 5.14. The van der Waals surface area contributed by atoms with E-state index in [0.717, 1.165) is 26.2 Å². The molecule has 20 heavy (non-hydrogen) atoms. The molecule has 2 aliphatic heterocycles. The molecule has 0 bridgehead atoms. The molecule has 0 radical (unpaired) electrons. The Morgan fingerprint density at radius 2 is 2.00 bits per heavy atom. The lowest BCUT2D eigenvalue weighted by atomic mass is 10.0. The van der Waals surface area contributed by atoms with Gasteiger partial charge in [0.05, 0.1) is 10.5 Å². The molecule has 1 amide bonds. The van der Waals surface area contributed by atoms with E-state index in [1.165, 1.54) is 12.1 Å². The van der Waals surface area contributed by atoms with Gasteiger partial charge in [0.1, 0.15) is 0 Å². The highest BCUT2D eigenvalue weighted by Gasteiger charge is 2.38. The summed E-state index contributed by atoms with van der Waals surface area (Å²) in [5.41, 5.74) is 0.310. The Morgan fingerprint density at radius 1 is 1.35 bits per heavy atom. The van der Waals surface area contributed by atoms with Crippen molar-refractivity contribution in [3.63, 3.8) is 0 Å². The normalized spacial score (nSPS) is 24.8. The molecule has 7 heteroatoms. The number of benzene rings is 1. The second-order valence-corrected chi connectivity index (χ2v) is 6.16. The summed E-state index contributed by atoms with van der Waals surface area (Å²) in [6, 6.07) is 4.30. The molecule has 0 aromatic heterocycles. The Hall–Kier alpha value is -1.47. The number of non-ortho nitro benzene ring substituents is 1. The number of fused-ring (bicyclic) bond motifs is 1. The minimum absolute atomic E-state index is 0.0578. The van der Waals surface area contributed by atoms with Crippen LogP contribution in [0.4, 0.5) is 5.69 Å². The molecule has 2 heterocycles. The van der Waals surface area contributed by atoms with Gasteiger partial charge in [-0.05, 0) is 33.8 Å². The van der Waals surface area contributed by atoms with Crippen LogP contribution in [-0.2, 0) is 0 Å². The van der Waals surface area contributed by atoms with Crippen LogP contribution in [-0.4, -0.2) is 41.9 Å². The van der Waals surface area contributed by atoms with E-state index < -0.39 is 4.92 Å². The number of nitro benzene ring substituents is 1. The van der Waals surface area contributed by atoms with Gasteiger partial charge in [-0.15, -0.1) is 0 Å². The van der Waals surface area contributed by atoms with Gasteiger partial charge in [-0.3, -0.25) is 14.9 Å². The summed E-state index contributed by atoms with van der Waals surface area (Å²) >= 11 is 3.31. The monoisotopic (exact) mass is 339 g/mol. The van der Waals surface area contributed by atoms with Crippen LogP contribution in [0.25, 0.3) is 0 Å². The van der Waals surface area contributed by atoms with Crippen LogP contribution in [0.2, 0.25) is 0 Å². The van der Waals surface area contributed by atoms with Crippen LogP contribution < -0.4 is 5.32 Å². The second-order valence-electron chi connectivity index (χ2n) is 5.31. The predicted octanol–water partition coefficient (Wildman–Crippen LogP) is 1.65. The molecule has 1 N–H and O–H groups in total. The molecule has 0 spiro atoms. The van der Waals surface area contributed by atoms with Crippen molar-refractivity contribution in [2.24, 2.45) is 11.8 Å². The van der Waals surface area contributed by atoms with Crippen LogP contribution >= 0.6 is 15.9 Å². The van der Waals surface area contributed by atoms with Crippen LogP contribution in [0.15, 0.2) is 22.7 Å². The largest absolute Gasteiger partial charge is 0.338 e. The highest BCUT2D eigenvalue weighted by Crippen LogP contribution is 2.30. The molecule has 106 valence electrons. The third-order valence-electron chi connectivity index (χ3n) is 4.07. The maximum atomic E-state index is 12.5. The Balaban J connectivity index is 1.84. The maximum absolute atomic E-state index is 12.5. The van der Waals surface area contributed by atoms with Crippen molar-refractivity contribution in [1.82, 2.24) is 10.2 Å². The average Bonchev–Trinajstić information content (AvgIpc) is 2.98. The van der Waals surface area contributed by atoms with E-state index in [4.69, 9.17) is 0 Å². The first-order chi connectivity index (χ1) is 9.56. The molecule has 2 atom stereocenters. The summed E-state index contributed by atoms with van der Waals surface area (Å²) < 4.78 is 0.600. The number of halogens is 1. The Bertz CT molecular complexity index is 566. The van der Waals surface area contributed by atoms with Crippen molar-refractivity contribution in [3.05, 3.63) is 38.3 Å². The lowest BCUT2D eigenvalue weighted by Crippen LogP contribution is -2.32. The number of nitrogens with one attached hydrogen (secondary N) is 1. The lowest BCUT2D eigenvalue weighted by Gasteiger charge is -2.18. The number of nitrogens with zero attached hydrogens (tertiary/aromatic N) is 2. The van der Waals surface area contributed by atoms with Gasteiger partial charge in [0.15, 0.2) is 0 Å². The van der Waals surface area contributed by atoms with Gasteiger partial charge in [-0.2, -0.15) is 0 Å². The summed E-state index contributed by atoms with van der Waals surface area (Å²) in [4.78, 5) is 24.7. The summed E-state index contributed by atoms with van der Waals surface area (Å²) in [5, 5.41) is 14.1. The number of hydrogen-bond acceptors (Lipinski definition) is 4. The minimum atomic E-state index is -0.480. The minimum Gasteiger partial charge on any atom is -0.338 e. The lowest BCUT2D eigenvalue weighted by molar-refractivity contribution is -0.384. The fourth-order valence-electron chi connectivity index (χ4n) is 2.98. The number of likely N-dealkylation sites (tertiary alicyclic amines) is 1. The maximum Gasteiger partial charge on any atom is 0.270 e. The molecular weight excluding hydrogens is 326 g/mol. The van der Waals surface area contributed by atoms with Gasteiger partial charge in [0.2, 0.25) is 0 Å². The summed E-state index contributed by atoms with van der Waals surface area (Å²) in [6.07, 6.45) is 0. The van der Waals surface area contributed by atoms with Gasteiger partial charge in [-0.1, -0.05) is 0 Å². The summed E-state index contributed by atoms with van der Waals surface area (Å²) in [7, 11) is 0. The average molecular weight is 340 g/mol. The van der Waals surface area contributed by atoms with Crippen molar-refractivity contribution in [3.8, 4) is 0 Å². The number of hydrogen-bond donors (Lipinski definition) is 1. The van der Waals surface area contributed by atoms with Gasteiger partial charge < -0.3 is 10.2 Å². The number of amides is 1. The predicted molar refractivity (Wildman–Crippen MR) is 76.5 cm³/mol. The quantitative estimate of drug-likeness (QED) is 0.656. The fraction of sp³-hybridized carbons (Fsp3) is 0.462. The van der Waals surface area contributed by atoms with Crippen molar-refractivity contribution in [1.29, 1.82) is 0 Å². The Labute approximate surface area is 124 Å². The van der Waals surface area contributed by atoms with E-state index >= 15 is 0 Å². The third-order valence-corrected chi connectivity index (χ3v) is 4.76. The van der Waals surface area contributed by atoms with E-state index in [0.29, 0.717) is 21.9 Å². The molecule has 2 fully saturated rings. The molecule has 2 aliphatic rings. The van der Waals surface area contributed by atoms with E-state index in [-0.39, 0.29) is 11.6 Å². The molecule has 0 saturated carbocycles. The molecule has 1 aromatic carbocycles. The zero-order chi connectivity index (χ0) is 14.3. The Kier molecular flexibility index (Phi) is 3.47. The van der Waals surface area contributed by atoms with Crippen molar-refractivity contribution in [2.45, 2.75) is 0 Å². The standard InChI is InChI=1S/C13H14BrN3O3/c14-12-2-1-10(17(19)20)3-11(12)13(18)16-6-8-4-15-5-9(8)7-16/h1-3,8-9,15H,4-7H2/t8-,9+. The van der Waals surface area contributed by atoms with Gasteiger partial charge >= 0.3 is 0 Å². The molecular formula is C13H14BrN3O3. The molecule has 6 nitrogen and oxygen atoms in total. The van der Waals surface area contributed by atoms with Gasteiger partial charge in [-0.25, -0.2) is 0 Å². The van der Waals surface area contributed by atoms with E-state index in [1.54, 1.807) is 11.0 Å². The molecule has 0 unspecified atom stereocenters. The zero-order valence-corrected chi connectivity index (χ0v) is 12.3. The van der Waals surface area contributed by atoms with Crippen LogP contribution in [0.3, 0.4) is 0 Å². The first-order valence-corrected chi connectivity index (χ1v) is 7.29.